The van der Waals surface area contributed by atoms with Crippen molar-refractivity contribution in [2.45, 2.75) is 63.5 Å². The number of hydrogen-bond acceptors (Lipinski definition) is 3. The lowest BCUT2D eigenvalue weighted by Gasteiger charge is -2.23. The van der Waals surface area contributed by atoms with Crippen molar-refractivity contribution >= 4 is 0 Å². The molecule has 1 saturated carbocycles. The summed E-state index contributed by atoms with van der Waals surface area (Å²) in [6, 6.07) is 0. The molecule has 1 aliphatic carbocycles. The fourth-order valence-electron chi connectivity index (χ4n) is 1.95. The number of hydrogen-bond donors (Lipinski definition) is 2. The Morgan fingerprint density at radius 2 is 1.87 bits per heavy atom. The fraction of sp³-hybridized carbons (Fsp3) is 1.00. The van der Waals surface area contributed by atoms with Crippen LogP contribution in [0.25, 0.3) is 0 Å². The van der Waals surface area contributed by atoms with Crippen LogP contribution >= 0.6 is 0 Å². The molecule has 3 nitrogen and oxygen atoms in total. The van der Waals surface area contributed by atoms with E-state index in [4.69, 9.17) is 15.6 Å². The van der Waals surface area contributed by atoms with Gasteiger partial charge in [0, 0.05) is 12.1 Å². The second-order valence-corrected chi connectivity index (χ2v) is 5.05. The Hall–Kier alpha value is -0.120. The van der Waals surface area contributed by atoms with Gasteiger partial charge < -0.3 is 15.6 Å². The van der Waals surface area contributed by atoms with Gasteiger partial charge in [-0.3, -0.25) is 0 Å². The molecular weight excluding hydrogens is 190 g/mol. The Balaban J connectivity index is 2.13. The van der Waals surface area contributed by atoms with E-state index in [-0.39, 0.29) is 6.61 Å². The Morgan fingerprint density at radius 1 is 1.27 bits per heavy atom. The number of nitrogens with two attached hydrogens (primary N) is 1. The van der Waals surface area contributed by atoms with E-state index >= 15 is 0 Å². The van der Waals surface area contributed by atoms with Crippen LogP contribution in [0.3, 0.4) is 0 Å². The summed E-state index contributed by atoms with van der Waals surface area (Å²) in [6.45, 7) is 2.57. The molecule has 0 heterocycles. The molecule has 0 spiro atoms. The molecule has 1 unspecified atom stereocenters. The summed E-state index contributed by atoms with van der Waals surface area (Å²) in [5.74, 6) is 0. The topological polar surface area (TPSA) is 55.5 Å². The van der Waals surface area contributed by atoms with E-state index in [2.05, 4.69) is 0 Å². The first kappa shape index (κ1) is 12.9. The predicted molar refractivity (Wildman–Crippen MR) is 61.7 cm³/mol. The van der Waals surface area contributed by atoms with Gasteiger partial charge in [0.25, 0.3) is 0 Å². The van der Waals surface area contributed by atoms with Crippen LogP contribution in [0.4, 0.5) is 0 Å². The van der Waals surface area contributed by atoms with Crippen molar-refractivity contribution < 1.29 is 9.84 Å². The third kappa shape index (κ3) is 5.50. The highest BCUT2D eigenvalue weighted by Gasteiger charge is 2.18. The summed E-state index contributed by atoms with van der Waals surface area (Å²) in [6.07, 6.45) is 8.86. The van der Waals surface area contributed by atoms with Gasteiger partial charge in [0.2, 0.25) is 0 Å². The van der Waals surface area contributed by atoms with Crippen molar-refractivity contribution in [1.82, 2.24) is 0 Å². The largest absolute Gasteiger partial charge is 0.394 e. The average molecular weight is 215 g/mol. The van der Waals surface area contributed by atoms with Gasteiger partial charge >= 0.3 is 0 Å². The zero-order valence-electron chi connectivity index (χ0n) is 9.87. The minimum absolute atomic E-state index is 0.0288. The first-order valence-corrected chi connectivity index (χ1v) is 6.15. The van der Waals surface area contributed by atoms with E-state index < -0.39 is 5.54 Å². The van der Waals surface area contributed by atoms with Crippen molar-refractivity contribution in [3.63, 3.8) is 0 Å². The SMILES string of the molecule is CC(N)(CO)CCOC1CCCCCC1. The van der Waals surface area contributed by atoms with Crippen LogP contribution in [0.15, 0.2) is 0 Å². The highest BCUT2D eigenvalue weighted by atomic mass is 16.5. The third-order valence-corrected chi connectivity index (χ3v) is 3.19. The maximum absolute atomic E-state index is 9.00. The predicted octanol–water partition coefficient (Wildman–Crippen LogP) is 1.83. The van der Waals surface area contributed by atoms with Gasteiger partial charge in [-0.2, -0.15) is 0 Å². The number of rotatable bonds is 5. The molecule has 15 heavy (non-hydrogen) atoms. The maximum Gasteiger partial charge on any atom is 0.0609 e. The molecule has 0 amide bonds. The Bertz CT molecular complexity index is 163. The van der Waals surface area contributed by atoms with Gasteiger partial charge in [0.1, 0.15) is 0 Å². The highest BCUT2D eigenvalue weighted by molar-refractivity contribution is 4.77. The van der Waals surface area contributed by atoms with Crippen LogP contribution in [0, 0.1) is 0 Å². The summed E-state index contributed by atoms with van der Waals surface area (Å²) in [5.41, 5.74) is 5.35. The molecule has 1 aliphatic rings. The van der Waals surface area contributed by atoms with Gasteiger partial charge in [0.15, 0.2) is 0 Å². The van der Waals surface area contributed by atoms with Crippen molar-refractivity contribution in [3.05, 3.63) is 0 Å². The molecule has 0 aromatic rings. The monoisotopic (exact) mass is 215 g/mol. The Kier molecular flexibility index (Phi) is 5.58. The van der Waals surface area contributed by atoms with Gasteiger partial charge in [0.05, 0.1) is 12.7 Å². The molecule has 90 valence electrons. The van der Waals surface area contributed by atoms with Crippen LogP contribution in [0.5, 0.6) is 0 Å². The average Bonchev–Trinajstić information content (AvgIpc) is 2.46. The smallest absolute Gasteiger partial charge is 0.0609 e. The zero-order valence-corrected chi connectivity index (χ0v) is 9.87. The van der Waals surface area contributed by atoms with E-state index in [0.29, 0.717) is 12.7 Å². The van der Waals surface area contributed by atoms with Gasteiger partial charge in [-0.15, -0.1) is 0 Å². The summed E-state index contributed by atoms with van der Waals surface area (Å²) >= 11 is 0. The summed E-state index contributed by atoms with van der Waals surface area (Å²) in [7, 11) is 0. The lowest BCUT2D eigenvalue weighted by atomic mass is 10.0. The van der Waals surface area contributed by atoms with Gasteiger partial charge in [-0.25, -0.2) is 0 Å². The Morgan fingerprint density at radius 3 is 2.40 bits per heavy atom. The second-order valence-electron chi connectivity index (χ2n) is 5.05. The number of aliphatic hydroxyl groups is 1. The van der Waals surface area contributed by atoms with Crippen LogP contribution in [-0.2, 0) is 4.74 Å². The summed E-state index contributed by atoms with van der Waals surface area (Å²) in [5, 5.41) is 9.00. The molecule has 0 radical (unpaired) electrons. The van der Waals surface area contributed by atoms with Gasteiger partial charge in [-0.1, -0.05) is 25.7 Å². The molecule has 0 saturated heterocycles. The van der Waals surface area contributed by atoms with E-state index in [1.54, 1.807) is 0 Å². The molecule has 0 bridgehead atoms. The van der Waals surface area contributed by atoms with E-state index in [9.17, 15) is 0 Å². The standard InChI is InChI=1S/C12H25NO2/c1-12(13,10-14)8-9-15-11-6-4-2-3-5-7-11/h11,14H,2-10,13H2,1H3. The minimum Gasteiger partial charge on any atom is -0.394 e. The minimum atomic E-state index is -0.481. The first-order valence-electron chi connectivity index (χ1n) is 6.15. The molecule has 0 aromatic carbocycles. The Labute approximate surface area is 93.0 Å². The summed E-state index contributed by atoms with van der Waals surface area (Å²) < 4.78 is 5.81. The van der Waals surface area contributed by atoms with Crippen molar-refractivity contribution in [3.8, 4) is 0 Å². The molecule has 1 atom stereocenters. The summed E-state index contributed by atoms with van der Waals surface area (Å²) in [4.78, 5) is 0. The molecule has 3 N–H and O–H groups in total. The molecule has 0 aromatic heterocycles. The van der Waals surface area contributed by atoms with Gasteiger partial charge in [-0.05, 0) is 26.2 Å². The third-order valence-electron chi connectivity index (χ3n) is 3.19. The number of ether oxygens (including phenoxy) is 1. The lowest BCUT2D eigenvalue weighted by molar-refractivity contribution is 0.0282. The highest BCUT2D eigenvalue weighted by Crippen LogP contribution is 2.20. The van der Waals surface area contributed by atoms with Crippen molar-refractivity contribution in [1.29, 1.82) is 0 Å². The fourth-order valence-corrected chi connectivity index (χ4v) is 1.95. The van der Waals surface area contributed by atoms with Crippen LogP contribution < -0.4 is 5.73 Å². The zero-order chi connectivity index (χ0) is 11.1. The van der Waals surface area contributed by atoms with Crippen LogP contribution in [-0.4, -0.2) is 30.0 Å². The molecule has 3 heteroatoms. The lowest BCUT2D eigenvalue weighted by Crippen LogP contribution is -2.41. The normalized spacial score (nSPS) is 23.4. The van der Waals surface area contributed by atoms with E-state index in [1.165, 1.54) is 38.5 Å². The van der Waals surface area contributed by atoms with Crippen molar-refractivity contribution in [2.75, 3.05) is 13.2 Å². The maximum atomic E-state index is 9.00. The molecule has 1 rings (SSSR count). The van der Waals surface area contributed by atoms with Crippen LogP contribution in [0.2, 0.25) is 0 Å². The second kappa shape index (κ2) is 6.46. The van der Waals surface area contributed by atoms with E-state index in [0.717, 1.165) is 6.42 Å². The first-order chi connectivity index (χ1) is 7.14. The quantitative estimate of drug-likeness (QED) is 0.688. The van der Waals surface area contributed by atoms with E-state index in [1.807, 2.05) is 6.92 Å². The molecule has 0 aliphatic heterocycles. The molecule has 1 fully saturated rings. The number of aliphatic hydroxyl groups excluding tert-OH is 1. The van der Waals surface area contributed by atoms with Crippen LogP contribution in [0.1, 0.15) is 51.9 Å². The molecular formula is C12H25NO2. The van der Waals surface area contributed by atoms with Crippen molar-refractivity contribution in [2.24, 2.45) is 5.73 Å².